The molecule has 0 saturated heterocycles. The van der Waals surface area contributed by atoms with Crippen molar-refractivity contribution in [3.63, 3.8) is 0 Å². The zero-order valence-electron chi connectivity index (χ0n) is 12.5. The fraction of sp³-hybridized carbons (Fsp3) is 0.500. The van der Waals surface area contributed by atoms with Gasteiger partial charge in [0.15, 0.2) is 5.16 Å². The first kappa shape index (κ1) is 14.9. The van der Waals surface area contributed by atoms with Gasteiger partial charge in [0.05, 0.1) is 5.39 Å². The summed E-state index contributed by atoms with van der Waals surface area (Å²) in [6, 6.07) is 0. The third kappa shape index (κ3) is 2.57. The van der Waals surface area contributed by atoms with E-state index in [-0.39, 0.29) is 5.56 Å². The molecule has 1 aliphatic rings. The Labute approximate surface area is 133 Å². The Bertz CT molecular complexity index is 745. The molecule has 21 heavy (non-hydrogen) atoms. The third-order valence-corrected chi connectivity index (χ3v) is 6.15. The van der Waals surface area contributed by atoms with Crippen molar-refractivity contribution in [2.75, 3.05) is 5.75 Å². The highest BCUT2D eigenvalue weighted by Crippen LogP contribution is 2.36. The van der Waals surface area contributed by atoms with Gasteiger partial charge >= 0.3 is 0 Å². The first-order chi connectivity index (χ1) is 10.2. The summed E-state index contributed by atoms with van der Waals surface area (Å²) in [5.74, 6) is 1.49. The second-order valence-electron chi connectivity index (χ2n) is 5.58. The molecule has 0 bridgehead atoms. The number of rotatable bonds is 4. The lowest BCUT2D eigenvalue weighted by molar-refractivity contribution is 0.509. The molecular formula is C16H20N2OS2. The summed E-state index contributed by atoms with van der Waals surface area (Å²) in [5, 5.41) is 1.70. The van der Waals surface area contributed by atoms with Crippen molar-refractivity contribution >= 4 is 33.3 Å². The third-order valence-electron chi connectivity index (χ3n) is 4.03. The molecule has 3 rings (SSSR count). The van der Waals surface area contributed by atoms with Crippen molar-refractivity contribution in [2.45, 2.75) is 44.8 Å². The second kappa shape index (κ2) is 5.97. The van der Waals surface area contributed by atoms with Crippen LogP contribution in [0.15, 0.2) is 22.6 Å². The van der Waals surface area contributed by atoms with E-state index in [1.807, 2.05) is 17.6 Å². The Morgan fingerprint density at radius 1 is 1.57 bits per heavy atom. The number of aryl methyl sites for hydroxylation is 1. The molecule has 1 aliphatic carbocycles. The maximum atomic E-state index is 12.8. The maximum absolute atomic E-state index is 12.8. The summed E-state index contributed by atoms with van der Waals surface area (Å²) in [6.45, 7) is 8.71. The van der Waals surface area contributed by atoms with E-state index in [1.54, 1.807) is 23.1 Å². The Morgan fingerprint density at radius 2 is 2.38 bits per heavy atom. The first-order valence-corrected chi connectivity index (χ1v) is 9.24. The predicted octanol–water partition coefficient (Wildman–Crippen LogP) is 3.88. The molecule has 0 fully saturated rings. The van der Waals surface area contributed by atoms with E-state index < -0.39 is 0 Å². The first-order valence-electron chi connectivity index (χ1n) is 7.44. The molecule has 3 nitrogen and oxygen atoms in total. The van der Waals surface area contributed by atoms with E-state index in [2.05, 4.69) is 13.5 Å². The van der Waals surface area contributed by atoms with Gasteiger partial charge in [-0.3, -0.25) is 9.36 Å². The zero-order chi connectivity index (χ0) is 15.0. The molecule has 5 heteroatoms. The molecular weight excluding hydrogens is 300 g/mol. The molecule has 0 spiro atoms. The number of hydrogen-bond acceptors (Lipinski definition) is 4. The SMILES string of the molecule is C=CCSc1nc2sc3c(c2c(=O)n1CC)CCC(C)C3. The van der Waals surface area contributed by atoms with Gasteiger partial charge in [-0.15, -0.1) is 17.9 Å². The molecule has 1 atom stereocenters. The fourth-order valence-electron chi connectivity index (χ4n) is 2.93. The van der Waals surface area contributed by atoms with E-state index >= 15 is 0 Å². The predicted molar refractivity (Wildman–Crippen MR) is 91.7 cm³/mol. The summed E-state index contributed by atoms with van der Waals surface area (Å²) in [7, 11) is 0. The lowest BCUT2D eigenvalue weighted by Crippen LogP contribution is -2.23. The second-order valence-corrected chi connectivity index (χ2v) is 7.65. The fourth-order valence-corrected chi connectivity index (χ4v) is 5.15. The van der Waals surface area contributed by atoms with Crippen molar-refractivity contribution in [1.29, 1.82) is 0 Å². The van der Waals surface area contributed by atoms with Crippen LogP contribution >= 0.6 is 23.1 Å². The van der Waals surface area contributed by atoms with Crippen LogP contribution in [0.4, 0.5) is 0 Å². The number of thioether (sulfide) groups is 1. The molecule has 0 saturated carbocycles. The molecule has 2 aromatic heterocycles. The van der Waals surface area contributed by atoms with E-state index in [4.69, 9.17) is 4.98 Å². The normalized spacial score (nSPS) is 17.9. The molecule has 0 N–H and O–H groups in total. The molecule has 2 aromatic rings. The van der Waals surface area contributed by atoms with Crippen LogP contribution in [0.25, 0.3) is 10.2 Å². The van der Waals surface area contributed by atoms with Crippen molar-refractivity contribution in [3.05, 3.63) is 33.4 Å². The standard InChI is InChI=1S/C16H20N2OS2/c1-4-8-20-16-17-14-13(15(19)18(16)5-2)11-7-6-10(3)9-12(11)21-14/h4,10H,1,5-9H2,2-3H3. The van der Waals surface area contributed by atoms with Crippen LogP contribution in [0.2, 0.25) is 0 Å². The number of aromatic nitrogens is 2. The average Bonchev–Trinajstić information content (AvgIpc) is 2.82. The van der Waals surface area contributed by atoms with Crippen LogP contribution in [0.1, 0.15) is 30.7 Å². The number of fused-ring (bicyclic) bond motifs is 3. The van der Waals surface area contributed by atoms with Gasteiger partial charge in [-0.2, -0.15) is 0 Å². The highest BCUT2D eigenvalue weighted by Gasteiger charge is 2.24. The number of hydrogen-bond donors (Lipinski definition) is 0. The van der Waals surface area contributed by atoms with Crippen LogP contribution in [0.3, 0.4) is 0 Å². The van der Waals surface area contributed by atoms with Gasteiger partial charge in [0.2, 0.25) is 0 Å². The summed E-state index contributed by atoms with van der Waals surface area (Å²) >= 11 is 3.31. The minimum absolute atomic E-state index is 0.140. The van der Waals surface area contributed by atoms with Gasteiger partial charge in [0.25, 0.3) is 5.56 Å². The van der Waals surface area contributed by atoms with Gasteiger partial charge in [-0.1, -0.05) is 24.8 Å². The van der Waals surface area contributed by atoms with Crippen LogP contribution in [0.5, 0.6) is 0 Å². The summed E-state index contributed by atoms with van der Waals surface area (Å²) in [6.07, 6.45) is 5.15. The summed E-state index contributed by atoms with van der Waals surface area (Å²) in [4.78, 5) is 19.9. The van der Waals surface area contributed by atoms with Gasteiger partial charge in [-0.25, -0.2) is 4.98 Å². The van der Waals surface area contributed by atoms with Crippen molar-refractivity contribution in [2.24, 2.45) is 5.92 Å². The number of nitrogens with zero attached hydrogens (tertiary/aromatic N) is 2. The van der Waals surface area contributed by atoms with Crippen LogP contribution in [-0.2, 0) is 19.4 Å². The van der Waals surface area contributed by atoms with Crippen molar-refractivity contribution in [3.8, 4) is 0 Å². The Hall–Kier alpha value is -1.07. The maximum Gasteiger partial charge on any atom is 0.263 e. The van der Waals surface area contributed by atoms with E-state index in [1.165, 1.54) is 16.9 Å². The zero-order valence-corrected chi connectivity index (χ0v) is 14.1. The average molecular weight is 320 g/mol. The van der Waals surface area contributed by atoms with Crippen LogP contribution in [-0.4, -0.2) is 15.3 Å². The Morgan fingerprint density at radius 3 is 3.10 bits per heavy atom. The van der Waals surface area contributed by atoms with Crippen LogP contribution in [0, 0.1) is 5.92 Å². The van der Waals surface area contributed by atoms with Crippen LogP contribution < -0.4 is 5.56 Å². The highest BCUT2D eigenvalue weighted by molar-refractivity contribution is 7.99. The monoisotopic (exact) mass is 320 g/mol. The van der Waals surface area contributed by atoms with E-state index in [0.717, 1.165) is 34.0 Å². The Balaban J connectivity index is 2.21. The molecule has 112 valence electrons. The highest BCUT2D eigenvalue weighted by atomic mass is 32.2. The smallest absolute Gasteiger partial charge is 0.263 e. The lowest BCUT2D eigenvalue weighted by Gasteiger charge is -2.17. The molecule has 2 heterocycles. The van der Waals surface area contributed by atoms with Crippen molar-refractivity contribution in [1.82, 2.24) is 9.55 Å². The number of thiophene rings is 1. The minimum Gasteiger partial charge on any atom is -0.287 e. The largest absolute Gasteiger partial charge is 0.287 e. The molecule has 0 amide bonds. The van der Waals surface area contributed by atoms with Gasteiger partial charge < -0.3 is 0 Å². The van der Waals surface area contributed by atoms with Gasteiger partial charge in [0.1, 0.15) is 4.83 Å². The molecule has 1 unspecified atom stereocenters. The quantitative estimate of drug-likeness (QED) is 0.487. The summed E-state index contributed by atoms with van der Waals surface area (Å²) < 4.78 is 1.81. The van der Waals surface area contributed by atoms with E-state index in [9.17, 15) is 4.79 Å². The molecule has 0 radical (unpaired) electrons. The van der Waals surface area contributed by atoms with E-state index in [0.29, 0.717) is 12.5 Å². The minimum atomic E-state index is 0.140. The molecule has 0 aliphatic heterocycles. The van der Waals surface area contributed by atoms with Gasteiger partial charge in [0, 0.05) is 17.2 Å². The topological polar surface area (TPSA) is 34.9 Å². The van der Waals surface area contributed by atoms with Gasteiger partial charge in [-0.05, 0) is 37.7 Å². The van der Waals surface area contributed by atoms with Crippen molar-refractivity contribution < 1.29 is 0 Å². The molecule has 0 aromatic carbocycles. The lowest BCUT2D eigenvalue weighted by atomic mass is 9.89. The Kier molecular flexibility index (Phi) is 4.22. The summed E-state index contributed by atoms with van der Waals surface area (Å²) in [5.41, 5.74) is 1.41.